The number of aryl methyl sites for hydroxylation is 1. The number of anilines is 2. The Bertz CT molecular complexity index is 813. The van der Waals surface area contributed by atoms with E-state index in [9.17, 15) is 0 Å². The summed E-state index contributed by atoms with van der Waals surface area (Å²) in [6.45, 7) is 23.7. The molecule has 0 bridgehead atoms. The second kappa shape index (κ2) is 9.53. The van der Waals surface area contributed by atoms with E-state index in [2.05, 4.69) is 89.8 Å². The van der Waals surface area contributed by atoms with Crippen molar-refractivity contribution in [2.75, 3.05) is 23.4 Å². The highest BCUT2D eigenvalue weighted by atomic mass is 15.4. The molecule has 3 rings (SSSR count). The molecule has 0 radical (unpaired) electrons. The lowest BCUT2D eigenvalue weighted by atomic mass is 9.79. The molecular formula is C27H51N7. The Morgan fingerprint density at radius 1 is 0.735 bits per heavy atom. The Labute approximate surface area is 208 Å². The van der Waals surface area contributed by atoms with E-state index >= 15 is 0 Å². The van der Waals surface area contributed by atoms with Crippen molar-refractivity contribution in [3.8, 4) is 0 Å². The third kappa shape index (κ3) is 6.81. The molecule has 0 aliphatic carbocycles. The van der Waals surface area contributed by atoms with Crippen molar-refractivity contribution >= 4 is 11.9 Å². The van der Waals surface area contributed by atoms with Crippen molar-refractivity contribution in [2.45, 2.75) is 142 Å². The molecule has 194 valence electrons. The first-order valence-corrected chi connectivity index (χ1v) is 13.3. The SMILES string of the molecule is CCCCN(c1nc(C)nc(N(C)C2CC(C)(C)NC(C)(C)C2)n1)C1CC(C)(C)NC(C)(C)C1. The van der Waals surface area contributed by atoms with Crippen LogP contribution in [0.5, 0.6) is 0 Å². The Hall–Kier alpha value is -1.47. The van der Waals surface area contributed by atoms with E-state index in [4.69, 9.17) is 15.0 Å². The zero-order chi connectivity index (χ0) is 25.5. The first kappa shape index (κ1) is 27.1. The number of nitrogens with one attached hydrogen (secondary N) is 2. The van der Waals surface area contributed by atoms with E-state index in [-0.39, 0.29) is 22.2 Å². The highest BCUT2D eigenvalue weighted by molar-refractivity contribution is 5.41. The molecule has 34 heavy (non-hydrogen) atoms. The minimum absolute atomic E-state index is 0.0742. The second-order valence-electron chi connectivity index (χ2n) is 13.6. The van der Waals surface area contributed by atoms with Gasteiger partial charge in [0.05, 0.1) is 0 Å². The maximum atomic E-state index is 5.12. The van der Waals surface area contributed by atoms with E-state index in [0.717, 1.165) is 62.8 Å². The molecule has 2 N–H and O–H groups in total. The number of unbranched alkanes of at least 4 members (excludes halogenated alkanes) is 1. The summed E-state index contributed by atoms with van der Waals surface area (Å²) in [6, 6.07) is 0.774. The van der Waals surface area contributed by atoms with Gasteiger partial charge in [0.15, 0.2) is 0 Å². The van der Waals surface area contributed by atoms with Gasteiger partial charge in [0.2, 0.25) is 11.9 Å². The van der Waals surface area contributed by atoms with Crippen LogP contribution < -0.4 is 20.4 Å². The molecule has 2 saturated heterocycles. The molecular weight excluding hydrogens is 422 g/mol. The Morgan fingerprint density at radius 3 is 1.65 bits per heavy atom. The van der Waals surface area contributed by atoms with Crippen molar-refractivity contribution in [3.05, 3.63) is 5.82 Å². The van der Waals surface area contributed by atoms with Gasteiger partial charge < -0.3 is 20.4 Å². The largest absolute Gasteiger partial charge is 0.341 e. The lowest BCUT2D eigenvalue weighted by Gasteiger charge is -2.50. The number of hydrogen-bond acceptors (Lipinski definition) is 7. The molecule has 0 spiro atoms. The van der Waals surface area contributed by atoms with E-state index in [1.54, 1.807) is 0 Å². The highest BCUT2D eigenvalue weighted by Gasteiger charge is 2.42. The molecule has 0 unspecified atom stereocenters. The summed E-state index contributed by atoms with van der Waals surface area (Å²) in [7, 11) is 2.16. The molecule has 1 aromatic heterocycles. The van der Waals surface area contributed by atoms with Crippen LogP contribution in [0.2, 0.25) is 0 Å². The summed E-state index contributed by atoms with van der Waals surface area (Å²) in [5.41, 5.74) is 0.297. The summed E-state index contributed by atoms with van der Waals surface area (Å²) < 4.78 is 0. The second-order valence-corrected chi connectivity index (χ2v) is 13.6. The van der Waals surface area contributed by atoms with E-state index in [1.807, 2.05) is 6.92 Å². The molecule has 7 nitrogen and oxygen atoms in total. The van der Waals surface area contributed by atoms with Crippen molar-refractivity contribution in [3.63, 3.8) is 0 Å². The standard InChI is InChI=1S/C27H51N7/c1-12-13-14-34(21-17-26(7,8)32-27(9,10)18-21)23-29-19(2)28-22(30-23)33(11)20-15-24(3,4)31-25(5,6)16-20/h20-21,31-32H,12-18H2,1-11H3. The van der Waals surface area contributed by atoms with Crippen LogP contribution >= 0.6 is 0 Å². The normalized spacial score (nSPS) is 24.1. The molecule has 2 aliphatic rings. The monoisotopic (exact) mass is 473 g/mol. The molecule has 0 atom stereocenters. The molecule has 7 heteroatoms. The van der Waals surface area contributed by atoms with Gasteiger partial charge in [0, 0.05) is 47.8 Å². The van der Waals surface area contributed by atoms with Crippen LogP contribution in [0, 0.1) is 6.92 Å². The predicted octanol–water partition coefficient (Wildman–Crippen LogP) is 4.84. The molecule has 0 aromatic carbocycles. The smallest absolute Gasteiger partial charge is 0.230 e. The molecule has 0 saturated carbocycles. The van der Waals surface area contributed by atoms with Crippen LogP contribution in [0.3, 0.4) is 0 Å². The average Bonchev–Trinajstić information content (AvgIpc) is 2.62. The summed E-state index contributed by atoms with van der Waals surface area (Å²) in [4.78, 5) is 19.6. The van der Waals surface area contributed by atoms with Crippen LogP contribution in [-0.4, -0.2) is 62.8 Å². The van der Waals surface area contributed by atoms with Crippen molar-refractivity contribution in [1.82, 2.24) is 25.6 Å². The van der Waals surface area contributed by atoms with Gasteiger partial charge in [-0.3, -0.25) is 0 Å². The van der Waals surface area contributed by atoms with Crippen LogP contribution in [-0.2, 0) is 0 Å². The topological polar surface area (TPSA) is 69.2 Å². The molecule has 2 aliphatic heterocycles. The molecule has 2 fully saturated rings. The van der Waals surface area contributed by atoms with Gasteiger partial charge in [-0.1, -0.05) is 13.3 Å². The Kier molecular flexibility index (Phi) is 7.60. The van der Waals surface area contributed by atoms with Gasteiger partial charge in [-0.25, -0.2) is 0 Å². The lowest BCUT2D eigenvalue weighted by molar-refractivity contribution is 0.157. The molecule has 1 aromatic rings. The average molecular weight is 474 g/mol. The summed E-state index contributed by atoms with van der Waals surface area (Å²) in [6.07, 6.45) is 6.56. The third-order valence-corrected chi connectivity index (χ3v) is 7.37. The van der Waals surface area contributed by atoms with Gasteiger partial charge in [0.1, 0.15) is 5.82 Å². The lowest BCUT2D eigenvalue weighted by Crippen LogP contribution is -2.62. The van der Waals surface area contributed by atoms with Crippen LogP contribution in [0.1, 0.15) is 107 Å². The maximum Gasteiger partial charge on any atom is 0.230 e. The number of nitrogens with zero attached hydrogens (tertiary/aromatic N) is 5. The molecule has 0 amide bonds. The highest BCUT2D eigenvalue weighted by Crippen LogP contribution is 2.35. The number of aromatic nitrogens is 3. The van der Waals surface area contributed by atoms with Crippen molar-refractivity contribution < 1.29 is 0 Å². The number of piperidine rings is 2. The zero-order valence-electron chi connectivity index (χ0n) is 23.8. The van der Waals surface area contributed by atoms with Gasteiger partial charge in [-0.2, -0.15) is 15.0 Å². The van der Waals surface area contributed by atoms with Crippen molar-refractivity contribution in [2.24, 2.45) is 0 Å². The Morgan fingerprint density at radius 2 is 1.18 bits per heavy atom. The zero-order valence-corrected chi connectivity index (χ0v) is 23.8. The summed E-state index contributed by atoms with van der Waals surface area (Å²) >= 11 is 0. The maximum absolute atomic E-state index is 5.12. The summed E-state index contributed by atoms with van der Waals surface area (Å²) in [5, 5.41) is 7.63. The van der Waals surface area contributed by atoms with E-state index in [0.29, 0.717) is 12.1 Å². The Balaban J connectivity index is 1.94. The van der Waals surface area contributed by atoms with Gasteiger partial charge >= 0.3 is 0 Å². The van der Waals surface area contributed by atoms with E-state index in [1.165, 1.54) is 0 Å². The predicted molar refractivity (Wildman–Crippen MR) is 144 cm³/mol. The van der Waals surface area contributed by atoms with Gasteiger partial charge in [-0.05, 0) is 94.4 Å². The van der Waals surface area contributed by atoms with Crippen LogP contribution in [0.4, 0.5) is 11.9 Å². The van der Waals surface area contributed by atoms with Gasteiger partial charge in [-0.15, -0.1) is 0 Å². The first-order chi connectivity index (χ1) is 15.5. The minimum atomic E-state index is 0.0742. The fourth-order valence-electron chi connectivity index (χ4n) is 6.71. The fraction of sp³-hybridized carbons (Fsp3) is 0.889. The minimum Gasteiger partial charge on any atom is -0.341 e. The van der Waals surface area contributed by atoms with Crippen molar-refractivity contribution in [1.29, 1.82) is 0 Å². The first-order valence-electron chi connectivity index (χ1n) is 13.3. The van der Waals surface area contributed by atoms with Gasteiger partial charge in [0.25, 0.3) is 0 Å². The van der Waals surface area contributed by atoms with E-state index < -0.39 is 0 Å². The fourth-order valence-corrected chi connectivity index (χ4v) is 6.71. The quantitative estimate of drug-likeness (QED) is 0.587. The van der Waals surface area contributed by atoms with Crippen LogP contribution in [0.15, 0.2) is 0 Å². The summed E-state index contributed by atoms with van der Waals surface area (Å²) in [5.74, 6) is 2.44. The van der Waals surface area contributed by atoms with Crippen LogP contribution in [0.25, 0.3) is 0 Å². The molecule has 3 heterocycles. The number of rotatable bonds is 7. The third-order valence-electron chi connectivity index (χ3n) is 7.37. The number of hydrogen-bond donors (Lipinski definition) is 2.